The van der Waals surface area contributed by atoms with Crippen LogP contribution in [0.2, 0.25) is 0 Å². The standard InChI is InChI=1S/C15H20FNO3.CH4.O4S/c1-9(2)14(17)13(18)8-11(15(19)20)7-10-3-5-12(16)6-4-10;;1-2-4-5-3-1/h3-6,9,11,14H,7-8,17H2,1-2H3,(H,19,20);1H4;/t11-,14+;;/m1../s1. The summed E-state index contributed by atoms with van der Waals surface area (Å²) >= 11 is 0.630. The smallest absolute Gasteiger partial charge is 0.341 e. The van der Waals surface area contributed by atoms with Crippen molar-refractivity contribution in [2.45, 2.75) is 40.2 Å². The van der Waals surface area contributed by atoms with E-state index in [0.29, 0.717) is 17.5 Å². The fourth-order valence-electron chi connectivity index (χ4n) is 1.96. The molecule has 1 aromatic carbocycles. The van der Waals surface area contributed by atoms with E-state index in [-0.39, 0.29) is 37.8 Å². The molecule has 2 aromatic rings. The molecular weight excluding hydrogens is 369 g/mol. The molecule has 2 atom stereocenters. The molecule has 0 aliphatic rings. The zero-order chi connectivity index (χ0) is 18.8. The maximum absolute atomic E-state index is 12.8. The molecule has 0 aliphatic heterocycles. The van der Waals surface area contributed by atoms with Crippen molar-refractivity contribution in [3.05, 3.63) is 35.6 Å². The second kappa shape index (κ2) is 12.1. The molecule has 0 radical (unpaired) electrons. The Balaban J connectivity index is 0.000000893. The molecule has 0 amide bonds. The number of carboxylic acid groups (broad SMARTS) is 1. The number of aliphatic carboxylic acids is 1. The van der Waals surface area contributed by atoms with Crippen molar-refractivity contribution < 1.29 is 36.6 Å². The van der Waals surface area contributed by atoms with Gasteiger partial charge in [-0.25, -0.2) is 4.39 Å². The van der Waals surface area contributed by atoms with Gasteiger partial charge in [0.2, 0.25) is 0 Å². The third-order valence-electron chi connectivity index (χ3n) is 3.42. The van der Waals surface area contributed by atoms with Crippen LogP contribution >= 0.6 is 11.9 Å². The first-order valence-corrected chi connectivity index (χ1v) is 8.06. The van der Waals surface area contributed by atoms with Crippen LogP contribution in [0.1, 0.15) is 33.3 Å². The van der Waals surface area contributed by atoms with Crippen LogP contribution in [0.25, 0.3) is 0 Å². The Morgan fingerprint density at radius 1 is 1.19 bits per heavy atom. The number of hydrogen-bond donors (Lipinski definition) is 2. The molecule has 1 aromatic heterocycles. The van der Waals surface area contributed by atoms with Crippen molar-refractivity contribution in [3.63, 3.8) is 0 Å². The molecule has 148 valence electrons. The minimum absolute atomic E-state index is 0. The molecule has 0 saturated carbocycles. The number of hydrogen-bond acceptors (Lipinski definition) is 8. The highest BCUT2D eigenvalue weighted by molar-refractivity contribution is 6.92. The molecule has 26 heavy (non-hydrogen) atoms. The predicted molar refractivity (Wildman–Crippen MR) is 91.4 cm³/mol. The number of carbonyl (C=O) groups is 2. The zero-order valence-electron chi connectivity index (χ0n) is 13.7. The normalized spacial score (nSPS) is 12.3. The summed E-state index contributed by atoms with van der Waals surface area (Å²) in [4.78, 5) is 23.1. The first kappa shape index (κ1) is 23.7. The van der Waals surface area contributed by atoms with Gasteiger partial charge in [0.15, 0.2) is 5.78 Å². The van der Waals surface area contributed by atoms with Gasteiger partial charge in [-0.05, 0) is 39.5 Å². The fourth-order valence-corrected chi connectivity index (χ4v) is 2.07. The van der Waals surface area contributed by atoms with Gasteiger partial charge in [-0.2, -0.15) is 0 Å². The summed E-state index contributed by atoms with van der Waals surface area (Å²) in [7, 11) is 0. The van der Waals surface area contributed by atoms with Gasteiger partial charge < -0.3 is 10.8 Å². The van der Waals surface area contributed by atoms with E-state index in [2.05, 4.69) is 17.5 Å². The van der Waals surface area contributed by atoms with Gasteiger partial charge in [0.1, 0.15) is 5.82 Å². The van der Waals surface area contributed by atoms with E-state index < -0.39 is 17.9 Å². The second-order valence-corrected chi connectivity index (χ2v) is 6.05. The van der Waals surface area contributed by atoms with Crippen LogP contribution in [-0.4, -0.2) is 22.9 Å². The highest BCUT2D eigenvalue weighted by atomic mass is 32.1. The van der Waals surface area contributed by atoms with Crippen molar-refractivity contribution in [3.8, 4) is 0 Å². The minimum Gasteiger partial charge on any atom is -0.481 e. The quantitative estimate of drug-likeness (QED) is 0.677. The molecule has 0 fully saturated rings. The first-order chi connectivity index (χ1) is 11.8. The Morgan fingerprint density at radius 3 is 2.12 bits per heavy atom. The molecule has 0 aliphatic carbocycles. The van der Waals surface area contributed by atoms with Crippen LogP contribution in [0, 0.1) is 17.7 Å². The molecule has 10 heteroatoms. The molecule has 1 heterocycles. The van der Waals surface area contributed by atoms with E-state index in [1.54, 1.807) is 0 Å². The summed E-state index contributed by atoms with van der Waals surface area (Å²) in [6, 6.07) is 4.95. The Morgan fingerprint density at radius 2 is 1.73 bits per heavy atom. The van der Waals surface area contributed by atoms with Gasteiger partial charge in [0.05, 0.1) is 12.0 Å². The number of nitrogens with two attached hydrogens (primary N) is 1. The van der Waals surface area contributed by atoms with Crippen molar-refractivity contribution in [1.29, 1.82) is 0 Å². The summed E-state index contributed by atoms with van der Waals surface area (Å²) in [5, 5.41) is 9.19. The fraction of sp³-hybridized carbons (Fsp3) is 0.500. The molecule has 0 spiro atoms. The largest absolute Gasteiger partial charge is 0.481 e. The van der Waals surface area contributed by atoms with Crippen molar-refractivity contribution in [2.75, 3.05) is 0 Å². The summed E-state index contributed by atoms with van der Waals surface area (Å²) in [5.41, 5.74) is 6.41. The van der Waals surface area contributed by atoms with E-state index in [4.69, 9.17) is 5.73 Å². The second-order valence-electron chi connectivity index (χ2n) is 5.65. The van der Waals surface area contributed by atoms with Crippen LogP contribution in [0.4, 0.5) is 4.39 Å². The maximum atomic E-state index is 12.8. The lowest BCUT2D eigenvalue weighted by Crippen LogP contribution is -2.37. The predicted octanol–water partition coefficient (Wildman–Crippen LogP) is 3.89. The monoisotopic (exact) mass is 393 g/mol. The lowest BCUT2D eigenvalue weighted by molar-refractivity contribution is -0.241. The van der Waals surface area contributed by atoms with Crippen LogP contribution < -0.4 is 5.73 Å². The molecular formula is C16H24FNO7S. The average molecular weight is 393 g/mol. The molecule has 0 saturated heterocycles. The highest BCUT2D eigenvalue weighted by Gasteiger charge is 2.26. The van der Waals surface area contributed by atoms with Crippen LogP contribution in [0.3, 0.4) is 0 Å². The number of halogens is 1. The van der Waals surface area contributed by atoms with Gasteiger partial charge >= 0.3 is 17.9 Å². The number of carboxylic acids is 1. The minimum atomic E-state index is -1.04. The van der Waals surface area contributed by atoms with Crippen molar-refractivity contribution >= 4 is 23.7 Å². The van der Waals surface area contributed by atoms with E-state index in [1.165, 1.54) is 24.3 Å². The summed E-state index contributed by atoms with van der Waals surface area (Å²) in [6.07, 6.45) is 0.0816. The van der Waals surface area contributed by atoms with Gasteiger partial charge in [0, 0.05) is 6.42 Å². The average Bonchev–Trinajstić information content (AvgIpc) is 3.14. The number of rotatable bonds is 7. The Hall–Kier alpha value is -2.33. The number of benzene rings is 1. The maximum Gasteiger partial charge on any atom is 0.341 e. The van der Waals surface area contributed by atoms with Crippen LogP contribution in [0.15, 0.2) is 41.8 Å². The van der Waals surface area contributed by atoms with Gasteiger partial charge in [-0.3, -0.25) is 9.59 Å². The van der Waals surface area contributed by atoms with Gasteiger partial charge in [-0.15, -0.1) is 8.02 Å². The topological polar surface area (TPSA) is 133 Å². The lowest BCUT2D eigenvalue weighted by Gasteiger charge is -2.17. The van der Waals surface area contributed by atoms with E-state index in [0.717, 1.165) is 0 Å². The van der Waals surface area contributed by atoms with E-state index in [9.17, 15) is 19.1 Å². The highest BCUT2D eigenvalue weighted by Crippen LogP contribution is 2.16. The van der Waals surface area contributed by atoms with Gasteiger partial charge in [0.25, 0.3) is 0 Å². The van der Waals surface area contributed by atoms with E-state index in [1.807, 2.05) is 13.8 Å². The first-order valence-electron chi connectivity index (χ1n) is 7.40. The van der Waals surface area contributed by atoms with Crippen molar-refractivity contribution in [1.82, 2.24) is 0 Å². The molecule has 2 rings (SSSR count). The Kier molecular flexibility index (Phi) is 11.0. The van der Waals surface area contributed by atoms with Crippen LogP contribution in [-0.2, 0) is 16.0 Å². The third-order valence-corrected chi connectivity index (χ3v) is 3.64. The Labute approximate surface area is 154 Å². The number of Topliss-reactive ketones (excluding diaryl/α,β-unsaturated/α-hetero) is 1. The lowest BCUT2D eigenvalue weighted by atomic mass is 9.89. The summed E-state index contributed by atoms with van der Waals surface area (Å²) in [5.74, 6) is -2.53. The summed E-state index contributed by atoms with van der Waals surface area (Å²) < 4.78 is 28.0. The molecule has 0 bridgehead atoms. The molecule has 0 unspecified atom stereocenters. The van der Waals surface area contributed by atoms with Crippen LogP contribution in [0.5, 0.6) is 0 Å². The summed E-state index contributed by atoms with van der Waals surface area (Å²) in [6.45, 7) is 3.64. The SMILES string of the molecule is C.CC(C)[C@H](N)C(=O)C[C@@H](Cc1ccc(F)cc1)C(=O)O.o1ooso1. The third kappa shape index (κ3) is 8.67. The Bertz CT molecular complexity index is 632. The van der Waals surface area contributed by atoms with E-state index >= 15 is 0 Å². The number of carbonyl (C=O) groups excluding carboxylic acids is 1. The molecule has 3 N–H and O–H groups in total. The van der Waals surface area contributed by atoms with Crippen molar-refractivity contribution in [2.24, 2.45) is 17.6 Å². The molecule has 8 nitrogen and oxygen atoms in total. The van der Waals surface area contributed by atoms with Gasteiger partial charge in [-0.1, -0.05) is 33.4 Å². The number of ketones is 1. The zero-order valence-corrected chi connectivity index (χ0v) is 14.5.